The Morgan fingerprint density at radius 3 is 2.20 bits per heavy atom. The van der Waals surface area contributed by atoms with Gasteiger partial charge in [-0.3, -0.25) is 0 Å². The van der Waals surface area contributed by atoms with E-state index >= 15 is 0 Å². The molecule has 0 bridgehead atoms. The zero-order valence-electron chi connectivity index (χ0n) is 35.6. The van der Waals surface area contributed by atoms with Crippen molar-refractivity contribution in [1.29, 1.82) is 0 Å². The van der Waals surface area contributed by atoms with Crippen molar-refractivity contribution in [3.63, 3.8) is 0 Å². The maximum Gasteiger partial charge on any atom is 0.0576 e. The zero-order valence-corrected chi connectivity index (χ0v) is 35.6. The van der Waals surface area contributed by atoms with Gasteiger partial charge in [-0.15, -0.1) is 0 Å². The molecule has 0 N–H and O–H groups in total. The number of benzene rings is 7. The minimum atomic E-state index is -0.0927. The lowest BCUT2D eigenvalue weighted by Crippen LogP contribution is -2.37. The van der Waals surface area contributed by atoms with Crippen LogP contribution in [-0.4, -0.2) is 6.04 Å². The zero-order chi connectivity index (χ0) is 40.8. The molecule has 0 saturated carbocycles. The van der Waals surface area contributed by atoms with Crippen LogP contribution in [0.25, 0.3) is 60.5 Å². The summed E-state index contributed by atoms with van der Waals surface area (Å²) >= 11 is 0. The van der Waals surface area contributed by atoms with Gasteiger partial charge in [-0.1, -0.05) is 179 Å². The van der Waals surface area contributed by atoms with Gasteiger partial charge in [-0.25, -0.2) is 0 Å². The van der Waals surface area contributed by atoms with E-state index in [0.717, 1.165) is 12.8 Å². The lowest BCUT2D eigenvalue weighted by molar-refractivity contribution is 0.405. The molecule has 1 nitrogen and oxygen atoms in total. The summed E-state index contributed by atoms with van der Waals surface area (Å²) < 4.78 is 0. The van der Waals surface area contributed by atoms with Gasteiger partial charge in [0.1, 0.15) is 0 Å². The number of aryl methyl sites for hydroxylation is 1. The van der Waals surface area contributed by atoms with Gasteiger partial charge in [0.15, 0.2) is 0 Å². The monoisotopic (exact) mass is 775 g/mol. The van der Waals surface area contributed by atoms with Crippen LogP contribution in [0.15, 0.2) is 170 Å². The molecule has 1 heterocycles. The summed E-state index contributed by atoms with van der Waals surface area (Å²) in [6.07, 6.45) is 20.9. The molecule has 0 saturated heterocycles. The molecule has 0 aromatic heterocycles. The highest BCUT2D eigenvalue weighted by molar-refractivity contribution is 6.23. The first kappa shape index (κ1) is 36.9. The number of hydrogen-bond donors (Lipinski definition) is 0. The van der Waals surface area contributed by atoms with Gasteiger partial charge in [0.05, 0.1) is 11.7 Å². The molecule has 2 unspecified atom stereocenters. The Labute approximate surface area is 356 Å². The molecule has 1 aliphatic heterocycles. The van der Waals surface area contributed by atoms with Gasteiger partial charge in [0.25, 0.3) is 0 Å². The average Bonchev–Trinajstić information content (AvgIpc) is 3.59. The summed E-state index contributed by atoms with van der Waals surface area (Å²) in [6.45, 7) is 11.6. The first-order valence-corrected chi connectivity index (χ1v) is 22.2. The van der Waals surface area contributed by atoms with Crippen molar-refractivity contribution in [2.24, 2.45) is 5.92 Å². The summed E-state index contributed by atoms with van der Waals surface area (Å²) in [7, 11) is 0. The lowest BCUT2D eigenvalue weighted by Gasteiger charge is -2.39. The normalized spacial score (nSPS) is 19.6. The summed E-state index contributed by atoms with van der Waals surface area (Å²) in [5, 5.41) is 5.22. The lowest BCUT2D eigenvalue weighted by atomic mass is 9.80. The molecule has 7 aromatic carbocycles. The number of anilines is 2. The van der Waals surface area contributed by atoms with Crippen molar-refractivity contribution in [3.8, 4) is 33.4 Å². The van der Waals surface area contributed by atoms with Gasteiger partial charge in [-0.05, 0) is 134 Å². The second-order valence-electron chi connectivity index (χ2n) is 18.7. The smallest absolute Gasteiger partial charge is 0.0576 e. The molecule has 0 fully saturated rings. The summed E-state index contributed by atoms with van der Waals surface area (Å²) in [5.41, 5.74) is 18.7. The number of rotatable bonds is 5. The van der Waals surface area contributed by atoms with Crippen LogP contribution in [0.5, 0.6) is 0 Å². The molecule has 294 valence electrons. The second kappa shape index (κ2) is 14.0. The van der Waals surface area contributed by atoms with Gasteiger partial charge < -0.3 is 4.90 Å². The minimum Gasteiger partial charge on any atom is -0.333 e. The Kier molecular flexibility index (Phi) is 8.57. The molecule has 0 radical (unpaired) electrons. The molecule has 60 heavy (non-hydrogen) atoms. The summed E-state index contributed by atoms with van der Waals surface area (Å²) in [5.74, 6) is 0.588. The molecule has 7 aromatic rings. The van der Waals surface area contributed by atoms with E-state index in [0.29, 0.717) is 5.92 Å². The molecular weight excluding hydrogens is 723 g/mol. The Balaban J connectivity index is 1.23. The third kappa shape index (κ3) is 5.58. The fraction of sp³-hybridized carbons (Fsp3) is 0.220. The van der Waals surface area contributed by atoms with E-state index in [-0.39, 0.29) is 16.9 Å². The number of hydrogen-bond acceptors (Lipinski definition) is 1. The molecule has 1 heteroatoms. The van der Waals surface area contributed by atoms with Crippen molar-refractivity contribution in [2.45, 2.75) is 77.2 Å². The second-order valence-corrected chi connectivity index (χ2v) is 18.7. The number of nitrogens with zero attached hydrogens (tertiary/aromatic N) is 1. The predicted molar refractivity (Wildman–Crippen MR) is 257 cm³/mol. The van der Waals surface area contributed by atoms with Crippen molar-refractivity contribution in [1.82, 2.24) is 0 Å². The SMILES string of the molecule is C/C=C\C=C/C1=CC(C)(C)c2cccc(-c3c4ccccc4c(N4c5ccccc5CCC5CCC=CC54)c4ccc(-c5ccc6c(c5)C(C)(C)c5ccccc5-6)cc34)c21. The quantitative estimate of drug-likeness (QED) is 0.0956. The fourth-order valence-electron chi connectivity index (χ4n) is 11.5. The maximum atomic E-state index is 2.76. The molecule has 11 rings (SSSR count). The topological polar surface area (TPSA) is 3.24 Å². The van der Waals surface area contributed by atoms with Gasteiger partial charge in [0.2, 0.25) is 0 Å². The van der Waals surface area contributed by atoms with Crippen LogP contribution in [0, 0.1) is 5.92 Å². The van der Waals surface area contributed by atoms with Crippen LogP contribution in [0.3, 0.4) is 0 Å². The number of fused-ring (bicyclic) bond motifs is 8. The largest absolute Gasteiger partial charge is 0.333 e. The fourth-order valence-corrected chi connectivity index (χ4v) is 11.5. The standard InChI is InChI=1S/C59H53N/c1-6-7-8-20-42-37-58(2,3)51-26-17-24-48(55(42)51)56-45-22-11-12-23-46(45)57(60-53-27-15-9-18-38(53)29-30-39-19-10-16-28-54(39)60)47-34-32-40(35-49(47)56)41-31-33-44-43-21-13-14-25-50(43)59(4,5)52(44)36-41/h6-9,11-18,20-28,31-37,39,54H,10,19,29-30H2,1-5H3/b7-6-,20-8-. The van der Waals surface area contributed by atoms with Gasteiger partial charge in [0, 0.05) is 27.3 Å². The van der Waals surface area contributed by atoms with Crippen LogP contribution >= 0.6 is 0 Å². The predicted octanol–water partition coefficient (Wildman–Crippen LogP) is 15.9. The van der Waals surface area contributed by atoms with Crippen molar-refractivity contribution >= 4 is 38.5 Å². The molecular formula is C59H53N. The van der Waals surface area contributed by atoms with E-state index in [1.807, 2.05) is 0 Å². The Bertz CT molecular complexity index is 3020. The van der Waals surface area contributed by atoms with Crippen LogP contribution in [-0.2, 0) is 17.3 Å². The van der Waals surface area contributed by atoms with E-state index in [1.165, 1.54) is 113 Å². The third-order valence-electron chi connectivity index (χ3n) is 14.4. The maximum absolute atomic E-state index is 2.76. The molecule has 4 aliphatic rings. The highest BCUT2D eigenvalue weighted by Gasteiger charge is 2.38. The van der Waals surface area contributed by atoms with Crippen molar-refractivity contribution in [3.05, 3.63) is 198 Å². The molecule has 2 atom stereocenters. The number of para-hydroxylation sites is 1. The highest BCUT2D eigenvalue weighted by atomic mass is 15.2. The minimum absolute atomic E-state index is 0.0713. The Hall–Kier alpha value is -6.18. The van der Waals surface area contributed by atoms with Crippen LogP contribution in [0.1, 0.15) is 81.7 Å². The molecule has 3 aliphatic carbocycles. The molecule has 0 spiro atoms. The summed E-state index contributed by atoms with van der Waals surface area (Å²) in [6, 6.07) is 49.4. The van der Waals surface area contributed by atoms with Crippen LogP contribution in [0.4, 0.5) is 11.4 Å². The average molecular weight is 776 g/mol. The van der Waals surface area contributed by atoms with E-state index < -0.39 is 0 Å². The van der Waals surface area contributed by atoms with E-state index in [1.54, 1.807) is 0 Å². The van der Waals surface area contributed by atoms with E-state index in [9.17, 15) is 0 Å². The van der Waals surface area contributed by atoms with Gasteiger partial charge in [-0.2, -0.15) is 0 Å². The first-order valence-electron chi connectivity index (χ1n) is 22.2. The van der Waals surface area contributed by atoms with E-state index in [4.69, 9.17) is 0 Å². The van der Waals surface area contributed by atoms with E-state index in [2.05, 4.69) is 209 Å². The first-order chi connectivity index (χ1) is 29.2. The number of allylic oxidation sites excluding steroid dienone is 7. The summed E-state index contributed by atoms with van der Waals surface area (Å²) in [4.78, 5) is 2.76. The molecule has 0 amide bonds. The Morgan fingerprint density at radius 1 is 0.600 bits per heavy atom. The Morgan fingerprint density at radius 2 is 1.32 bits per heavy atom. The van der Waals surface area contributed by atoms with Crippen LogP contribution in [0.2, 0.25) is 0 Å². The third-order valence-corrected chi connectivity index (χ3v) is 14.4. The van der Waals surface area contributed by atoms with Crippen molar-refractivity contribution < 1.29 is 0 Å². The van der Waals surface area contributed by atoms with Crippen LogP contribution < -0.4 is 4.90 Å². The van der Waals surface area contributed by atoms with Crippen molar-refractivity contribution in [2.75, 3.05) is 4.90 Å². The van der Waals surface area contributed by atoms with Gasteiger partial charge >= 0.3 is 0 Å². The highest BCUT2D eigenvalue weighted by Crippen LogP contribution is 2.54.